The van der Waals surface area contributed by atoms with E-state index in [9.17, 15) is 5.11 Å². The Morgan fingerprint density at radius 3 is 2.59 bits per heavy atom. The minimum atomic E-state index is -0.481. The van der Waals surface area contributed by atoms with E-state index in [-0.39, 0.29) is 0 Å². The lowest BCUT2D eigenvalue weighted by atomic mass is 9.77. The maximum absolute atomic E-state index is 10.2. The van der Waals surface area contributed by atoms with Crippen LogP contribution in [0, 0.1) is 11.3 Å². The van der Waals surface area contributed by atoms with Crippen molar-refractivity contribution in [1.29, 1.82) is 0 Å². The van der Waals surface area contributed by atoms with E-state index in [4.69, 9.17) is 11.6 Å². The fourth-order valence-electron chi connectivity index (χ4n) is 5.30. The molecular weight excluding hydrogens is 374 g/mol. The molecule has 27 heavy (non-hydrogen) atoms. The Bertz CT molecular complexity index is 662. The van der Waals surface area contributed by atoms with Crippen molar-refractivity contribution in [3.63, 3.8) is 0 Å². The predicted molar refractivity (Wildman–Crippen MR) is 117 cm³/mol. The highest BCUT2D eigenvalue weighted by atomic mass is 35.5. The lowest BCUT2D eigenvalue weighted by molar-refractivity contribution is 0.0172. The molecule has 4 rings (SSSR count). The van der Waals surface area contributed by atoms with Crippen LogP contribution in [0.2, 0.25) is 5.02 Å². The molecule has 1 atom stereocenters. The maximum Gasteiger partial charge on any atom is 0.0620 e. The van der Waals surface area contributed by atoms with Crippen LogP contribution in [0.25, 0.3) is 0 Å². The molecule has 2 heterocycles. The molecule has 1 spiro atoms. The number of aliphatic hydroxyl groups is 1. The molecule has 150 valence electrons. The van der Waals surface area contributed by atoms with Crippen molar-refractivity contribution < 1.29 is 5.11 Å². The second kappa shape index (κ2) is 7.89. The monoisotopic (exact) mass is 407 g/mol. The van der Waals surface area contributed by atoms with Crippen LogP contribution in [0.1, 0.15) is 63.0 Å². The van der Waals surface area contributed by atoms with Crippen molar-refractivity contribution in [2.24, 2.45) is 11.3 Å². The van der Waals surface area contributed by atoms with Crippen LogP contribution in [-0.4, -0.2) is 46.7 Å². The smallest absolute Gasteiger partial charge is 0.0620 e. The number of nitrogens with zero attached hydrogens (tertiary/aromatic N) is 1. The Morgan fingerprint density at radius 1 is 1.26 bits per heavy atom. The van der Waals surface area contributed by atoms with Crippen LogP contribution in [0.4, 0.5) is 0 Å². The minimum Gasteiger partial charge on any atom is -0.390 e. The third-order valence-electron chi connectivity index (χ3n) is 7.06. The average Bonchev–Trinajstić information content (AvgIpc) is 3.00. The summed E-state index contributed by atoms with van der Waals surface area (Å²) < 4.78 is 0. The van der Waals surface area contributed by atoms with Crippen LogP contribution in [0.5, 0.6) is 0 Å². The summed E-state index contributed by atoms with van der Waals surface area (Å²) in [5.41, 5.74) is 2.84. The van der Waals surface area contributed by atoms with Gasteiger partial charge in [0.15, 0.2) is 0 Å². The SMILES string of the molecule is C[C@@H](Cc1ccc(C2CCC(C)(O)CC2)c(Cl)c1)CN1CCC2(CSC2)C1. The van der Waals surface area contributed by atoms with Gasteiger partial charge in [0.05, 0.1) is 5.60 Å². The normalized spacial score (nSPS) is 31.8. The summed E-state index contributed by atoms with van der Waals surface area (Å²) >= 11 is 8.79. The highest BCUT2D eigenvalue weighted by molar-refractivity contribution is 8.00. The third kappa shape index (κ3) is 4.69. The fraction of sp³-hybridized carbons (Fsp3) is 0.739. The Kier molecular flexibility index (Phi) is 5.87. The third-order valence-corrected chi connectivity index (χ3v) is 9.02. The summed E-state index contributed by atoms with van der Waals surface area (Å²) in [6, 6.07) is 6.75. The number of halogens is 1. The summed E-state index contributed by atoms with van der Waals surface area (Å²) in [4.78, 5) is 2.69. The molecule has 2 aliphatic heterocycles. The summed E-state index contributed by atoms with van der Waals surface area (Å²) in [5, 5.41) is 11.1. The van der Waals surface area contributed by atoms with E-state index in [1.807, 2.05) is 6.92 Å². The predicted octanol–water partition coefficient (Wildman–Crippen LogP) is 5.37. The summed E-state index contributed by atoms with van der Waals surface area (Å²) in [6.45, 7) is 8.15. The van der Waals surface area contributed by atoms with Gasteiger partial charge in [0, 0.05) is 35.0 Å². The molecule has 0 bridgehead atoms. The van der Waals surface area contributed by atoms with Crippen LogP contribution in [0.15, 0.2) is 18.2 Å². The Balaban J connectivity index is 1.31. The fourth-order valence-corrected chi connectivity index (χ4v) is 6.91. The van der Waals surface area contributed by atoms with Gasteiger partial charge in [-0.2, -0.15) is 11.8 Å². The van der Waals surface area contributed by atoms with E-state index in [0.29, 0.717) is 17.3 Å². The average molecular weight is 408 g/mol. The van der Waals surface area contributed by atoms with Gasteiger partial charge in [0.1, 0.15) is 0 Å². The van der Waals surface area contributed by atoms with Gasteiger partial charge >= 0.3 is 0 Å². The lowest BCUT2D eigenvalue weighted by Crippen LogP contribution is -2.39. The van der Waals surface area contributed by atoms with Gasteiger partial charge in [-0.25, -0.2) is 0 Å². The zero-order valence-corrected chi connectivity index (χ0v) is 18.4. The standard InChI is InChI=1S/C23H34ClNOS/c1-17(13-25-10-9-23(14-25)15-27-16-23)11-18-3-4-20(21(24)12-18)19-5-7-22(2,26)8-6-19/h3-4,12,17,19,26H,5-11,13-16H2,1-2H3/t17-,19?,22?/m0/s1. The largest absolute Gasteiger partial charge is 0.390 e. The molecule has 1 aromatic carbocycles. The molecule has 2 saturated heterocycles. The van der Waals surface area contributed by atoms with Crippen molar-refractivity contribution in [1.82, 2.24) is 4.90 Å². The molecule has 0 aromatic heterocycles. The van der Waals surface area contributed by atoms with E-state index in [1.54, 1.807) is 0 Å². The number of hydrogen-bond acceptors (Lipinski definition) is 3. The highest BCUT2D eigenvalue weighted by Crippen LogP contribution is 2.45. The highest BCUT2D eigenvalue weighted by Gasteiger charge is 2.43. The van der Waals surface area contributed by atoms with Crippen molar-refractivity contribution in [2.75, 3.05) is 31.1 Å². The molecule has 0 amide bonds. The van der Waals surface area contributed by atoms with Crippen molar-refractivity contribution in [3.05, 3.63) is 34.3 Å². The second-order valence-corrected chi connectivity index (χ2v) is 11.3. The summed E-state index contributed by atoms with van der Waals surface area (Å²) in [7, 11) is 0. The van der Waals surface area contributed by atoms with Gasteiger partial charge in [-0.1, -0.05) is 30.7 Å². The molecule has 3 aliphatic rings. The molecule has 2 nitrogen and oxygen atoms in total. The van der Waals surface area contributed by atoms with Gasteiger partial charge in [0.2, 0.25) is 0 Å². The van der Waals surface area contributed by atoms with E-state index in [0.717, 1.165) is 37.1 Å². The molecule has 1 aromatic rings. The molecule has 4 heteroatoms. The van der Waals surface area contributed by atoms with Crippen LogP contribution < -0.4 is 0 Å². The number of hydrogen-bond donors (Lipinski definition) is 1. The lowest BCUT2D eigenvalue weighted by Gasteiger charge is -2.37. The van der Waals surface area contributed by atoms with Crippen molar-refractivity contribution in [2.45, 2.75) is 63.9 Å². The quantitative estimate of drug-likeness (QED) is 0.710. The maximum atomic E-state index is 10.2. The molecule has 1 aliphatic carbocycles. The van der Waals surface area contributed by atoms with E-state index < -0.39 is 5.60 Å². The molecule has 1 N–H and O–H groups in total. The molecular formula is C23H34ClNOS. The van der Waals surface area contributed by atoms with Gasteiger partial charge in [-0.05, 0) is 81.0 Å². The zero-order chi connectivity index (χ0) is 19.1. The van der Waals surface area contributed by atoms with Crippen LogP contribution in [-0.2, 0) is 6.42 Å². The van der Waals surface area contributed by atoms with Gasteiger partial charge in [-0.3, -0.25) is 0 Å². The Labute approximate surface area is 174 Å². The Morgan fingerprint density at radius 2 is 2.00 bits per heavy atom. The van der Waals surface area contributed by atoms with E-state index >= 15 is 0 Å². The van der Waals surface area contributed by atoms with Crippen LogP contribution in [0.3, 0.4) is 0 Å². The van der Waals surface area contributed by atoms with Crippen molar-refractivity contribution >= 4 is 23.4 Å². The first-order valence-electron chi connectivity index (χ1n) is 10.7. The molecule has 3 fully saturated rings. The molecule has 0 radical (unpaired) electrons. The number of likely N-dealkylation sites (tertiary alicyclic amines) is 1. The van der Waals surface area contributed by atoms with Gasteiger partial charge < -0.3 is 10.0 Å². The topological polar surface area (TPSA) is 23.5 Å². The van der Waals surface area contributed by atoms with E-state index in [2.05, 4.69) is 41.8 Å². The minimum absolute atomic E-state index is 0.481. The van der Waals surface area contributed by atoms with Crippen molar-refractivity contribution in [3.8, 4) is 0 Å². The number of thioether (sulfide) groups is 1. The zero-order valence-electron chi connectivity index (χ0n) is 16.8. The second-order valence-electron chi connectivity index (χ2n) is 9.91. The van der Waals surface area contributed by atoms with Gasteiger partial charge in [-0.15, -0.1) is 0 Å². The summed E-state index contributed by atoms with van der Waals surface area (Å²) in [5.74, 6) is 3.93. The Hall–Kier alpha value is -0.220. The first-order valence-corrected chi connectivity index (χ1v) is 12.2. The summed E-state index contributed by atoms with van der Waals surface area (Å²) in [6.07, 6.45) is 6.35. The number of benzene rings is 1. The molecule has 0 unspecified atom stereocenters. The number of rotatable bonds is 5. The first-order chi connectivity index (χ1) is 12.8. The van der Waals surface area contributed by atoms with Crippen LogP contribution >= 0.6 is 23.4 Å². The first kappa shape index (κ1) is 20.1. The molecule has 1 saturated carbocycles. The van der Waals surface area contributed by atoms with E-state index in [1.165, 1.54) is 48.7 Å². The van der Waals surface area contributed by atoms with Gasteiger partial charge in [0.25, 0.3) is 0 Å².